The Balaban J connectivity index is 4.87. The topological polar surface area (TPSA) is 92.7 Å². The minimum Gasteiger partial charge on any atom is -0.743 e. The molecule has 0 N–H and O–H groups in total. The average molecular weight is 337 g/mol. The molecule has 0 amide bonds. The number of ether oxygens (including phenoxy) is 2. The van der Waals surface area contributed by atoms with Gasteiger partial charge in [0.15, 0.2) is 10.1 Å². The Hall–Kier alpha value is -1.20. The molecule has 0 rings (SSSR count). The first-order valence-electron chi connectivity index (χ1n) is 5.27. The number of carbonyl (C=O) groups excluding carboxylic acids is 1. The molecule has 0 aromatic heterocycles. The van der Waals surface area contributed by atoms with Crippen molar-refractivity contribution in [3.05, 3.63) is 12.2 Å². The van der Waals surface area contributed by atoms with Crippen LogP contribution in [0.2, 0.25) is 0 Å². The quantitative estimate of drug-likeness (QED) is 0.317. The minimum atomic E-state index is -6.66. The first kappa shape index (κ1) is 19.8. The number of esters is 1. The molecule has 11 heteroatoms. The zero-order valence-corrected chi connectivity index (χ0v) is 12.1. The van der Waals surface area contributed by atoms with E-state index in [0.29, 0.717) is 0 Å². The third-order valence-corrected chi connectivity index (χ3v) is 2.63. The molecule has 0 aliphatic heterocycles. The van der Waals surface area contributed by atoms with Crippen molar-refractivity contribution in [1.29, 1.82) is 0 Å². The summed E-state index contributed by atoms with van der Waals surface area (Å²) in [5.41, 5.74) is -1.76. The number of rotatable bonds is 6. The summed E-state index contributed by atoms with van der Waals surface area (Å²) in [4.78, 5) is 11.3. The highest BCUT2D eigenvalue weighted by atomic mass is 32.2. The maximum atomic E-state index is 12.9. The molecule has 124 valence electrons. The van der Waals surface area contributed by atoms with Crippen LogP contribution in [0.5, 0.6) is 0 Å². The van der Waals surface area contributed by atoms with E-state index >= 15 is 0 Å². The molecule has 0 aliphatic rings. The summed E-state index contributed by atoms with van der Waals surface area (Å²) in [7, 11) is -6.66. The smallest absolute Gasteiger partial charge is 0.434 e. The zero-order valence-electron chi connectivity index (χ0n) is 11.3. The van der Waals surface area contributed by atoms with Gasteiger partial charge in [-0.2, -0.15) is 17.6 Å². The van der Waals surface area contributed by atoms with Crippen molar-refractivity contribution in [2.45, 2.75) is 37.7 Å². The van der Waals surface area contributed by atoms with Gasteiger partial charge in [-0.25, -0.2) is 13.2 Å². The van der Waals surface area contributed by atoms with E-state index in [1.165, 1.54) is 20.8 Å². The Morgan fingerprint density at radius 2 is 1.62 bits per heavy atom. The molecular weight excluding hydrogens is 324 g/mol. The third kappa shape index (κ3) is 5.25. The predicted octanol–water partition coefficient (Wildman–Crippen LogP) is 1.63. The molecule has 6 nitrogen and oxygen atoms in total. The number of hydrogen-bond acceptors (Lipinski definition) is 6. The Morgan fingerprint density at radius 3 is 1.95 bits per heavy atom. The molecule has 0 bridgehead atoms. The summed E-state index contributed by atoms with van der Waals surface area (Å²) >= 11 is 0. The van der Waals surface area contributed by atoms with Gasteiger partial charge >= 0.3 is 17.3 Å². The van der Waals surface area contributed by atoms with Crippen LogP contribution in [0.1, 0.15) is 20.8 Å². The van der Waals surface area contributed by atoms with Crippen LogP contribution < -0.4 is 0 Å². The molecule has 0 saturated carbocycles. The van der Waals surface area contributed by atoms with E-state index in [-0.39, 0.29) is 0 Å². The lowest BCUT2D eigenvalue weighted by Crippen LogP contribution is -2.49. The van der Waals surface area contributed by atoms with Gasteiger partial charge in [-0.1, -0.05) is 6.58 Å². The van der Waals surface area contributed by atoms with E-state index in [1.54, 1.807) is 0 Å². The summed E-state index contributed by atoms with van der Waals surface area (Å²) in [5, 5.41) is -5.99. The summed E-state index contributed by atoms with van der Waals surface area (Å²) < 4.78 is 89.5. The Kier molecular flexibility index (Phi) is 5.55. The first-order chi connectivity index (χ1) is 9.01. The number of carbonyl (C=O) groups is 1. The van der Waals surface area contributed by atoms with Crippen LogP contribution in [0.15, 0.2) is 12.2 Å². The molecule has 0 aromatic carbocycles. The van der Waals surface area contributed by atoms with Crippen LogP contribution in [0.25, 0.3) is 0 Å². The average Bonchev–Trinajstić information content (AvgIpc) is 2.21. The van der Waals surface area contributed by atoms with Gasteiger partial charge in [0.2, 0.25) is 0 Å². The second-order valence-corrected chi connectivity index (χ2v) is 6.30. The van der Waals surface area contributed by atoms with Crippen molar-refractivity contribution in [1.82, 2.24) is 0 Å². The number of alkyl halides is 4. The molecule has 0 fully saturated rings. The Bertz CT molecular complexity index is 520. The van der Waals surface area contributed by atoms with Crippen molar-refractivity contribution < 1.29 is 44.8 Å². The Labute approximate surface area is 118 Å². The van der Waals surface area contributed by atoms with Gasteiger partial charge < -0.3 is 14.0 Å². The second-order valence-electron chi connectivity index (χ2n) is 4.88. The lowest BCUT2D eigenvalue weighted by Gasteiger charge is -2.28. The van der Waals surface area contributed by atoms with Crippen molar-refractivity contribution in [3.63, 3.8) is 0 Å². The first-order valence-corrected chi connectivity index (χ1v) is 6.68. The van der Waals surface area contributed by atoms with E-state index in [9.17, 15) is 35.3 Å². The third-order valence-electron chi connectivity index (χ3n) is 1.77. The van der Waals surface area contributed by atoms with E-state index in [1.807, 2.05) is 0 Å². The predicted molar refractivity (Wildman–Crippen MR) is 60.5 cm³/mol. The lowest BCUT2D eigenvalue weighted by molar-refractivity contribution is -0.314. The number of halogens is 4. The van der Waals surface area contributed by atoms with Crippen molar-refractivity contribution in [3.8, 4) is 0 Å². The minimum absolute atomic E-state index is 0.760. The maximum Gasteiger partial charge on any atom is 0.434 e. The normalized spacial score (nSPS) is 13.9. The van der Waals surface area contributed by atoms with Gasteiger partial charge in [-0.15, -0.1) is 0 Å². The summed E-state index contributed by atoms with van der Waals surface area (Å²) in [6.07, 6.45) is -5.63. The molecule has 0 radical (unpaired) electrons. The van der Waals surface area contributed by atoms with E-state index in [0.717, 1.165) is 0 Å². The van der Waals surface area contributed by atoms with Crippen LogP contribution >= 0.6 is 0 Å². The van der Waals surface area contributed by atoms with Gasteiger partial charge in [-0.05, 0) is 20.8 Å². The summed E-state index contributed by atoms with van der Waals surface area (Å²) in [6.45, 7) is 5.88. The molecule has 0 heterocycles. The fraction of sp³-hybridized carbons (Fsp3) is 0.700. The molecule has 0 unspecified atom stereocenters. The lowest BCUT2D eigenvalue weighted by atomic mass is 10.2. The van der Waals surface area contributed by atoms with Crippen LogP contribution in [0.4, 0.5) is 17.6 Å². The van der Waals surface area contributed by atoms with E-state index in [4.69, 9.17) is 0 Å². The van der Waals surface area contributed by atoms with Crippen LogP contribution in [-0.2, 0) is 24.4 Å². The van der Waals surface area contributed by atoms with Crippen molar-refractivity contribution >= 4 is 16.1 Å². The van der Waals surface area contributed by atoms with Gasteiger partial charge in [0.1, 0.15) is 5.60 Å². The van der Waals surface area contributed by atoms with E-state index < -0.39 is 45.2 Å². The molecular formula is C10H13F4O6S-. The fourth-order valence-corrected chi connectivity index (χ4v) is 1.17. The molecule has 0 atom stereocenters. The monoisotopic (exact) mass is 337 g/mol. The van der Waals surface area contributed by atoms with Gasteiger partial charge in [0.05, 0.1) is 12.2 Å². The fourth-order valence-electron chi connectivity index (χ4n) is 0.816. The SMILES string of the molecule is C=C(COC(F)(F)C(F)(F)S(=O)(=O)[O-])C(=O)OC(C)(C)C. The van der Waals surface area contributed by atoms with E-state index in [2.05, 4.69) is 16.1 Å². The largest absolute Gasteiger partial charge is 0.743 e. The highest BCUT2D eigenvalue weighted by Crippen LogP contribution is 2.39. The van der Waals surface area contributed by atoms with Crippen molar-refractivity contribution in [2.75, 3.05) is 6.61 Å². The summed E-state index contributed by atoms with van der Waals surface area (Å²) in [6, 6.07) is 0. The molecule has 0 aliphatic carbocycles. The van der Waals surface area contributed by atoms with Gasteiger partial charge in [-0.3, -0.25) is 0 Å². The zero-order chi connectivity index (χ0) is 17.3. The second kappa shape index (κ2) is 5.89. The molecule has 0 aromatic rings. The van der Waals surface area contributed by atoms with Gasteiger partial charge in [0.25, 0.3) is 0 Å². The maximum absolute atomic E-state index is 12.9. The molecule has 0 spiro atoms. The highest BCUT2D eigenvalue weighted by Gasteiger charge is 2.63. The molecule has 0 saturated heterocycles. The van der Waals surface area contributed by atoms with Gasteiger partial charge in [0, 0.05) is 0 Å². The van der Waals surface area contributed by atoms with Crippen LogP contribution in [0, 0.1) is 0 Å². The Morgan fingerprint density at radius 1 is 1.19 bits per heavy atom. The van der Waals surface area contributed by atoms with Crippen LogP contribution in [-0.4, -0.2) is 42.5 Å². The molecule has 21 heavy (non-hydrogen) atoms. The van der Waals surface area contributed by atoms with Crippen molar-refractivity contribution in [2.24, 2.45) is 0 Å². The van der Waals surface area contributed by atoms with Crippen LogP contribution in [0.3, 0.4) is 0 Å². The standard InChI is InChI=1S/C10H14F4O6S/c1-6(7(15)20-8(2,3)4)5-19-9(11,12)10(13,14)21(16,17)18/h1,5H2,2-4H3,(H,16,17,18)/p-1. The number of hydrogen-bond donors (Lipinski definition) is 0. The highest BCUT2D eigenvalue weighted by molar-refractivity contribution is 7.86. The summed E-state index contributed by atoms with van der Waals surface area (Å²) in [5.74, 6) is -1.20.